The van der Waals surface area contributed by atoms with Crippen LogP contribution in [0.3, 0.4) is 0 Å². The predicted octanol–water partition coefficient (Wildman–Crippen LogP) is 1.93. The molecule has 1 aromatic rings. The van der Waals surface area contributed by atoms with Crippen LogP contribution < -0.4 is 0 Å². The van der Waals surface area contributed by atoms with Crippen LogP contribution in [-0.2, 0) is 23.1 Å². The maximum atomic E-state index is 12.4. The minimum Gasteiger partial charge on any atom is -0.372 e. The Bertz CT molecular complexity index is 582. The minimum atomic E-state index is 0.0962. The fraction of sp³-hybridized carbons (Fsp3) is 0.842. The first-order valence-electron chi connectivity index (χ1n) is 10.1. The highest BCUT2D eigenvalue weighted by atomic mass is 16.5. The quantitative estimate of drug-likeness (QED) is 0.693. The maximum absolute atomic E-state index is 12.4. The predicted molar refractivity (Wildman–Crippen MR) is 99.8 cm³/mol. The van der Waals surface area contributed by atoms with Crippen LogP contribution in [0.15, 0.2) is 0 Å². The van der Waals surface area contributed by atoms with Crippen molar-refractivity contribution < 1.29 is 9.53 Å². The molecule has 2 saturated heterocycles. The van der Waals surface area contributed by atoms with Crippen molar-refractivity contribution in [2.45, 2.75) is 57.9 Å². The van der Waals surface area contributed by atoms with E-state index in [-0.39, 0.29) is 18.4 Å². The molecule has 146 valence electrons. The molecule has 2 aliphatic heterocycles. The lowest BCUT2D eigenvalue weighted by Crippen LogP contribution is -2.41. The standard InChI is InChI=1S/C19H33N5O2/c1-3-12-26-15-18(25)24-11-7-8-16(13-24)19-21-20-17(22(19)2)14-23-9-5-4-6-10-23/h16H,3-15H2,1-2H3/t16-/m0/s1. The van der Waals surface area contributed by atoms with E-state index in [2.05, 4.69) is 33.6 Å². The van der Waals surface area contributed by atoms with E-state index in [4.69, 9.17) is 4.74 Å². The average Bonchev–Trinajstić information content (AvgIpc) is 3.03. The average molecular weight is 364 g/mol. The Morgan fingerprint density at radius 2 is 1.96 bits per heavy atom. The largest absolute Gasteiger partial charge is 0.372 e. The zero-order valence-electron chi connectivity index (χ0n) is 16.3. The number of amides is 1. The molecule has 0 N–H and O–H groups in total. The highest BCUT2D eigenvalue weighted by molar-refractivity contribution is 5.77. The number of carbonyl (C=O) groups excluding carboxylic acids is 1. The fourth-order valence-electron chi connectivity index (χ4n) is 4.00. The molecular weight excluding hydrogens is 330 g/mol. The van der Waals surface area contributed by atoms with Crippen molar-refractivity contribution in [3.8, 4) is 0 Å². The number of piperidine rings is 2. The van der Waals surface area contributed by atoms with Crippen LogP contribution in [0.1, 0.15) is 63.0 Å². The number of ether oxygens (including phenoxy) is 1. The Labute approximate surface area is 156 Å². The van der Waals surface area contributed by atoms with Gasteiger partial charge in [-0.05, 0) is 45.2 Å². The van der Waals surface area contributed by atoms with Crippen LogP contribution >= 0.6 is 0 Å². The summed E-state index contributed by atoms with van der Waals surface area (Å²) in [7, 11) is 2.07. The first-order valence-corrected chi connectivity index (χ1v) is 10.1. The molecule has 2 fully saturated rings. The molecule has 1 amide bonds. The van der Waals surface area contributed by atoms with Crippen molar-refractivity contribution in [3.63, 3.8) is 0 Å². The summed E-state index contributed by atoms with van der Waals surface area (Å²) in [4.78, 5) is 16.8. The Hall–Kier alpha value is -1.47. The third-order valence-electron chi connectivity index (χ3n) is 5.53. The van der Waals surface area contributed by atoms with E-state index in [1.807, 2.05) is 4.90 Å². The monoisotopic (exact) mass is 363 g/mol. The van der Waals surface area contributed by atoms with Crippen molar-refractivity contribution in [1.82, 2.24) is 24.6 Å². The Morgan fingerprint density at radius 3 is 2.73 bits per heavy atom. The van der Waals surface area contributed by atoms with E-state index in [1.165, 1.54) is 19.3 Å². The van der Waals surface area contributed by atoms with E-state index in [0.29, 0.717) is 6.61 Å². The molecule has 0 aromatic carbocycles. The van der Waals surface area contributed by atoms with Crippen molar-refractivity contribution in [2.24, 2.45) is 7.05 Å². The van der Waals surface area contributed by atoms with E-state index in [9.17, 15) is 4.79 Å². The van der Waals surface area contributed by atoms with Crippen LogP contribution in [0.25, 0.3) is 0 Å². The van der Waals surface area contributed by atoms with Gasteiger partial charge in [-0.1, -0.05) is 13.3 Å². The van der Waals surface area contributed by atoms with Crippen LogP contribution in [0.2, 0.25) is 0 Å². The molecule has 7 heteroatoms. The molecule has 7 nitrogen and oxygen atoms in total. The first-order chi connectivity index (χ1) is 12.7. The summed E-state index contributed by atoms with van der Waals surface area (Å²) in [5, 5.41) is 8.95. The molecule has 1 aromatic heterocycles. The summed E-state index contributed by atoms with van der Waals surface area (Å²) in [5.74, 6) is 2.42. The highest BCUT2D eigenvalue weighted by Crippen LogP contribution is 2.26. The second-order valence-electron chi connectivity index (χ2n) is 7.60. The highest BCUT2D eigenvalue weighted by Gasteiger charge is 2.28. The Morgan fingerprint density at radius 1 is 1.15 bits per heavy atom. The van der Waals surface area contributed by atoms with Gasteiger partial charge in [0.1, 0.15) is 18.3 Å². The van der Waals surface area contributed by atoms with Crippen molar-refractivity contribution in [1.29, 1.82) is 0 Å². The molecule has 3 heterocycles. The summed E-state index contributed by atoms with van der Waals surface area (Å²) >= 11 is 0. The first kappa shape index (κ1) is 19.3. The van der Waals surface area contributed by atoms with Gasteiger partial charge in [-0.15, -0.1) is 10.2 Å². The van der Waals surface area contributed by atoms with Crippen molar-refractivity contribution in [3.05, 3.63) is 11.6 Å². The molecule has 0 bridgehead atoms. The number of carbonyl (C=O) groups is 1. The number of aromatic nitrogens is 3. The lowest BCUT2D eigenvalue weighted by molar-refractivity contribution is -0.137. The lowest BCUT2D eigenvalue weighted by Gasteiger charge is -2.32. The zero-order valence-corrected chi connectivity index (χ0v) is 16.3. The fourth-order valence-corrected chi connectivity index (χ4v) is 4.00. The molecule has 3 rings (SSSR count). The van der Waals surface area contributed by atoms with E-state index < -0.39 is 0 Å². The van der Waals surface area contributed by atoms with Gasteiger partial charge in [0.15, 0.2) is 0 Å². The molecular formula is C19H33N5O2. The molecule has 1 atom stereocenters. The van der Waals surface area contributed by atoms with E-state index in [0.717, 1.165) is 63.6 Å². The van der Waals surface area contributed by atoms with Gasteiger partial charge >= 0.3 is 0 Å². The van der Waals surface area contributed by atoms with Crippen molar-refractivity contribution >= 4 is 5.91 Å². The number of likely N-dealkylation sites (tertiary alicyclic amines) is 2. The topological polar surface area (TPSA) is 63.5 Å². The SMILES string of the molecule is CCCOCC(=O)N1CCC[C@H](c2nnc(CN3CCCCC3)n2C)C1. The van der Waals surface area contributed by atoms with Gasteiger partial charge in [0.25, 0.3) is 0 Å². The summed E-state index contributed by atoms with van der Waals surface area (Å²) in [5.41, 5.74) is 0. The summed E-state index contributed by atoms with van der Waals surface area (Å²) < 4.78 is 7.57. The number of rotatable bonds is 7. The zero-order chi connectivity index (χ0) is 18.4. The molecule has 2 aliphatic rings. The summed E-state index contributed by atoms with van der Waals surface area (Å²) in [6.45, 7) is 7.64. The summed E-state index contributed by atoms with van der Waals surface area (Å²) in [6.07, 6.45) is 6.92. The second-order valence-corrected chi connectivity index (χ2v) is 7.60. The molecule has 0 radical (unpaired) electrons. The van der Waals surface area contributed by atoms with E-state index >= 15 is 0 Å². The van der Waals surface area contributed by atoms with E-state index in [1.54, 1.807) is 0 Å². The normalized spacial score (nSPS) is 21.9. The third kappa shape index (κ3) is 4.82. The Balaban J connectivity index is 1.58. The van der Waals surface area contributed by atoms with Crippen molar-refractivity contribution in [2.75, 3.05) is 39.4 Å². The minimum absolute atomic E-state index is 0.0962. The number of nitrogens with zero attached hydrogens (tertiary/aromatic N) is 5. The summed E-state index contributed by atoms with van der Waals surface area (Å²) in [6, 6.07) is 0. The smallest absolute Gasteiger partial charge is 0.248 e. The molecule has 0 spiro atoms. The third-order valence-corrected chi connectivity index (χ3v) is 5.53. The lowest BCUT2D eigenvalue weighted by atomic mass is 9.97. The number of hydrogen-bond acceptors (Lipinski definition) is 5. The van der Waals surface area contributed by atoms with Crippen LogP contribution in [0.4, 0.5) is 0 Å². The van der Waals surface area contributed by atoms with Gasteiger partial charge in [-0.3, -0.25) is 9.69 Å². The Kier molecular flexibility index (Phi) is 7.02. The van der Waals surface area contributed by atoms with Crippen LogP contribution in [0.5, 0.6) is 0 Å². The molecule has 26 heavy (non-hydrogen) atoms. The van der Waals surface area contributed by atoms with Gasteiger partial charge in [-0.2, -0.15) is 0 Å². The van der Waals surface area contributed by atoms with Gasteiger partial charge < -0.3 is 14.2 Å². The van der Waals surface area contributed by atoms with Crippen LogP contribution in [0, 0.1) is 0 Å². The molecule has 0 aliphatic carbocycles. The van der Waals surface area contributed by atoms with Gasteiger partial charge in [0.05, 0.1) is 6.54 Å². The number of hydrogen-bond donors (Lipinski definition) is 0. The van der Waals surface area contributed by atoms with Gasteiger partial charge in [0.2, 0.25) is 5.91 Å². The maximum Gasteiger partial charge on any atom is 0.248 e. The van der Waals surface area contributed by atoms with Gasteiger partial charge in [-0.25, -0.2) is 0 Å². The second kappa shape index (κ2) is 9.46. The molecule has 0 unspecified atom stereocenters. The van der Waals surface area contributed by atoms with Gasteiger partial charge in [0, 0.05) is 32.7 Å². The molecule has 0 saturated carbocycles. The van der Waals surface area contributed by atoms with Crippen LogP contribution in [-0.4, -0.2) is 69.9 Å².